The van der Waals surface area contributed by atoms with Crippen LogP contribution in [0.1, 0.15) is 30.6 Å². The van der Waals surface area contributed by atoms with Gasteiger partial charge < -0.3 is 14.9 Å². The van der Waals surface area contributed by atoms with Crippen molar-refractivity contribution >= 4 is 5.97 Å². The van der Waals surface area contributed by atoms with Gasteiger partial charge in [-0.3, -0.25) is 4.79 Å². The average molecular weight is 238 g/mol. The molecule has 2 atom stereocenters. The summed E-state index contributed by atoms with van der Waals surface area (Å²) in [5, 5.41) is 19.7. The van der Waals surface area contributed by atoms with Crippen LogP contribution in [0.15, 0.2) is 24.3 Å². The fourth-order valence-electron chi connectivity index (χ4n) is 1.72. The van der Waals surface area contributed by atoms with E-state index in [1.54, 1.807) is 12.1 Å². The maximum atomic E-state index is 11.0. The molecule has 1 rings (SSSR count). The van der Waals surface area contributed by atoms with E-state index in [9.17, 15) is 15.0 Å². The minimum atomic E-state index is -1.14. The number of carbonyl (C=O) groups is 1. The molecule has 0 radical (unpaired) electrons. The van der Waals surface area contributed by atoms with Crippen molar-refractivity contribution in [2.45, 2.75) is 32.0 Å². The van der Waals surface area contributed by atoms with Gasteiger partial charge >= 0.3 is 5.97 Å². The van der Waals surface area contributed by atoms with E-state index in [1.807, 2.05) is 19.1 Å². The van der Waals surface area contributed by atoms with Gasteiger partial charge in [-0.2, -0.15) is 0 Å². The Morgan fingerprint density at radius 1 is 1.35 bits per heavy atom. The Morgan fingerprint density at radius 3 is 2.59 bits per heavy atom. The number of aryl methyl sites for hydroxylation is 1. The molecule has 4 heteroatoms. The molecule has 1 aromatic carbocycles. The van der Waals surface area contributed by atoms with Gasteiger partial charge in [-0.1, -0.05) is 31.2 Å². The summed E-state index contributed by atoms with van der Waals surface area (Å²) in [5.41, 5.74) is 1.62. The molecule has 0 heterocycles. The van der Waals surface area contributed by atoms with Crippen LogP contribution < -0.4 is 0 Å². The predicted octanol–water partition coefficient (Wildman–Crippen LogP) is 1.21. The van der Waals surface area contributed by atoms with E-state index >= 15 is 0 Å². The highest BCUT2D eigenvalue weighted by molar-refractivity contribution is 5.69. The van der Waals surface area contributed by atoms with Gasteiger partial charge in [0.2, 0.25) is 0 Å². The number of methoxy groups -OCH3 is 1. The van der Waals surface area contributed by atoms with Crippen LogP contribution >= 0.6 is 0 Å². The summed E-state index contributed by atoms with van der Waals surface area (Å²) < 4.78 is 4.45. The number of aliphatic hydroxyl groups is 2. The van der Waals surface area contributed by atoms with Crippen LogP contribution in [-0.4, -0.2) is 29.4 Å². The monoisotopic (exact) mass is 238 g/mol. The van der Waals surface area contributed by atoms with Crippen molar-refractivity contribution in [1.29, 1.82) is 0 Å². The van der Waals surface area contributed by atoms with Crippen LogP contribution in [0.25, 0.3) is 0 Å². The number of esters is 1. The van der Waals surface area contributed by atoms with Crippen molar-refractivity contribution in [3.05, 3.63) is 35.4 Å². The molecule has 17 heavy (non-hydrogen) atoms. The third-order valence-corrected chi connectivity index (χ3v) is 2.72. The SMILES string of the molecule is CCc1ccccc1C(O)C(O)CC(=O)OC. The molecule has 4 nitrogen and oxygen atoms in total. The van der Waals surface area contributed by atoms with Crippen molar-refractivity contribution < 1.29 is 19.7 Å². The average Bonchev–Trinajstić information content (AvgIpc) is 2.37. The zero-order valence-corrected chi connectivity index (χ0v) is 10.1. The van der Waals surface area contributed by atoms with E-state index in [0.717, 1.165) is 12.0 Å². The van der Waals surface area contributed by atoms with Crippen LogP contribution in [0.5, 0.6) is 0 Å². The molecule has 0 fully saturated rings. The fourth-order valence-corrected chi connectivity index (χ4v) is 1.72. The smallest absolute Gasteiger partial charge is 0.308 e. The quantitative estimate of drug-likeness (QED) is 0.757. The zero-order valence-electron chi connectivity index (χ0n) is 10.1. The molecule has 94 valence electrons. The van der Waals surface area contributed by atoms with Gasteiger partial charge in [-0.15, -0.1) is 0 Å². The molecule has 0 saturated heterocycles. The second-order valence-corrected chi connectivity index (χ2v) is 3.84. The Morgan fingerprint density at radius 2 is 2.00 bits per heavy atom. The molecule has 2 unspecified atom stereocenters. The first-order valence-corrected chi connectivity index (χ1v) is 5.60. The lowest BCUT2D eigenvalue weighted by Gasteiger charge is -2.19. The topological polar surface area (TPSA) is 66.8 Å². The number of hydrogen-bond donors (Lipinski definition) is 2. The standard InChI is InChI=1S/C13H18O4/c1-3-9-6-4-5-7-10(9)13(16)11(14)8-12(15)17-2/h4-7,11,13-14,16H,3,8H2,1-2H3. The van der Waals surface area contributed by atoms with Gasteiger partial charge in [-0.05, 0) is 17.5 Å². The van der Waals surface area contributed by atoms with Crippen LogP contribution in [-0.2, 0) is 16.0 Å². The molecule has 0 amide bonds. The van der Waals surface area contributed by atoms with E-state index < -0.39 is 18.2 Å². The number of hydrogen-bond acceptors (Lipinski definition) is 4. The minimum Gasteiger partial charge on any atom is -0.469 e. The summed E-state index contributed by atoms with van der Waals surface area (Å²) in [6.45, 7) is 1.97. The summed E-state index contributed by atoms with van der Waals surface area (Å²) in [5.74, 6) is -0.537. The molecular formula is C13H18O4. The predicted molar refractivity (Wildman–Crippen MR) is 63.4 cm³/mol. The summed E-state index contributed by atoms with van der Waals surface area (Å²) in [6.07, 6.45) is -1.66. The highest BCUT2D eigenvalue weighted by Crippen LogP contribution is 2.23. The minimum absolute atomic E-state index is 0.213. The highest BCUT2D eigenvalue weighted by atomic mass is 16.5. The molecule has 0 spiro atoms. The lowest BCUT2D eigenvalue weighted by molar-refractivity contribution is -0.144. The molecule has 0 aliphatic carbocycles. The third-order valence-electron chi connectivity index (χ3n) is 2.72. The number of benzene rings is 1. The summed E-state index contributed by atoms with van der Waals surface area (Å²) in [4.78, 5) is 11.0. The van der Waals surface area contributed by atoms with E-state index in [0.29, 0.717) is 5.56 Å². The highest BCUT2D eigenvalue weighted by Gasteiger charge is 2.23. The van der Waals surface area contributed by atoms with Crippen molar-refractivity contribution in [1.82, 2.24) is 0 Å². The van der Waals surface area contributed by atoms with E-state index in [-0.39, 0.29) is 6.42 Å². The Kier molecular flexibility index (Phi) is 5.12. The molecule has 2 N–H and O–H groups in total. The molecule has 0 aromatic heterocycles. The van der Waals surface area contributed by atoms with Gasteiger partial charge in [-0.25, -0.2) is 0 Å². The number of ether oxygens (including phenoxy) is 1. The second kappa shape index (κ2) is 6.37. The first-order valence-electron chi connectivity index (χ1n) is 5.60. The second-order valence-electron chi connectivity index (χ2n) is 3.84. The van der Waals surface area contributed by atoms with Gasteiger partial charge in [0.05, 0.1) is 19.6 Å². The van der Waals surface area contributed by atoms with Crippen LogP contribution in [0.2, 0.25) is 0 Å². The Labute approximate surface area is 101 Å². The van der Waals surface area contributed by atoms with Gasteiger partial charge in [0.1, 0.15) is 6.10 Å². The first-order chi connectivity index (χ1) is 8.10. The van der Waals surface area contributed by atoms with E-state index in [4.69, 9.17) is 0 Å². The molecular weight excluding hydrogens is 220 g/mol. The lowest BCUT2D eigenvalue weighted by Crippen LogP contribution is -2.23. The van der Waals surface area contributed by atoms with Crippen LogP contribution in [0.4, 0.5) is 0 Å². The molecule has 0 bridgehead atoms. The summed E-state index contributed by atoms with van der Waals surface area (Å²) >= 11 is 0. The van der Waals surface area contributed by atoms with Crippen LogP contribution in [0.3, 0.4) is 0 Å². The Balaban J connectivity index is 2.80. The van der Waals surface area contributed by atoms with E-state index in [2.05, 4.69) is 4.74 Å². The number of rotatable bonds is 5. The maximum Gasteiger partial charge on any atom is 0.308 e. The fraction of sp³-hybridized carbons (Fsp3) is 0.462. The van der Waals surface area contributed by atoms with Crippen LogP contribution in [0, 0.1) is 0 Å². The van der Waals surface area contributed by atoms with E-state index in [1.165, 1.54) is 7.11 Å². The largest absolute Gasteiger partial charge is 0.469 e. The van der Waals surface area contributed by atoms with Gasteiger partial charge in [0, 0.05) is 0 Å². The van der Waals surface area contributed by atoms with Crippen molar-refractivity contribution in [2.24, 2.45) is 0 Å². The number of aliphatic hydroxyl groups excluding tert-OH is 2. The summed E-state index contributed by atoms with van der Waals surface area (Å²) in [7, 11) is 1.25. The normalized spacial score (nSPS) is 14.1. The van der Waals surface area contributed by atoms with Crippen molar-refractivity contribution in [3.63, 3.8) is 0 Å². The first kappa shape index (κ1) is 13.7. The molecule has 1 aromatic rings. The molecule has 0 aliphatic rings. The zero-order chi connectivity index (χ0) is 12.8. The lowest BCUT2D eigenvalue weighted by atomic mass is 9.96. The molecule has 0 saturated carbocycles. The summed E-state index contributed by atoms with van der Waals surface area (Å²) in [6, 6.07) is 7.32. The molecule has 0 aliphatic heterocycles. The van der Waals surface area contributed by atoms with Crippen molar-refractivity contribution in [3.8, 4) is 0 Å². The van der Waals surface area contributed by atoms with Crippen molar-refractivity contribution in [2.75, 3.05) is 7.11 Å². The van der Waals surface area contributed by atoms with Gasteiger partial charge in [0.15, 0.2) is 0 Å². The van der Waals surface area contributed by atoms with Gasteiger partial charge in [0.25, 0.3) is 0 Å². The Hall–Kier alpha value is -1.39. The Bertz CT molecular complexity index is 375. The number of carbonyl (C=O) groups excluding carboxylic acids is 1. The third kappa shape index (κ3) is 3.54. The maximum absolute atomic E-state index is 11.0.